The first kappa shape index (κ1) is 24.9. The SMILES string of the molecule is CC[C@H](C)N(CC(=O)N1CCc2sccc2[C@H]1COc1ccc(F)cc1)C(=O)c1ccc(F)cc1. The molecule has 4 rings (SSSR count). The second-order valence-corrected chi connectivity index (χ2v) is 9.61. The molecule has 5 nitrogen and oxygen atoms in total. The number of benzene rings is 2. The smallest absolute Gasteiger partial charge is 0.254 e. The molecule has 0 aliphatic carbocycles. The van der Waals surface area contributed by atoms with Gasteiger partial charge in [-0.15, -0.1) is 11.3 Å². The van der Waals surface area contributed by atoms with Gasteiger partial charge in [-0.05, 0) is 85.3 Å². The molecule has 0 saturated heterocycles. The summed E-state index contributed by atoms with van der Waals surface area (Å²) < 4.78 is 32.6. The first-order valence-electron chi connectivity index (χ1n) is 11.7. The lowest BCUT2D eigenvalue weighted by Gasteiger charge is -2.38. The zero-order valence-corrected chi connectivity index (χ0v) is 20.6. The highest BCUT2D eigenvalue weighted by Crippen LogP contribution is 2.34. The maximum atomic E-state index is 13.6. The van der Waals surface area contributed by atoms with Gasteiger partial charge < -0.3 is 14.5 Å². The van der Waals surface area contributed by atoms with Gasteiger partial charge >= 0.3 is 0 Å². The lowest BCUT2D eigenvalue weighted by Crippen LogP contribution is -2.49. The van der Waals surface area contributed by atoms with Crippen molar-refractivity contribution in [2.45, 2.75) is 38.8 Å². The van der Waals surface area contributed by atoms with Gasteiger partial charge in [0.05, 0.1) is 6.04 Å². The van der Waals surface area contributed by atoms with Crippen molar-refractivity contribution in [2.24, 2.45) is 0 Å². The van der Waals surface area contributed by atoms with Crippen LogP contribution in [0.4, 0.5) is 8.78 Å². The predicted molar refractivity (Wildman–Crippen MR) is 132 cm³/mol. The number of amides is 2. The van der Waals surface area contributed by atoms with E-state index in [9.17, 15) is 18.4 Å². The average Bonchev–Trinajstić information content (AvgIpc) is 3.35. The summed E-state index contributed by atoms with van der Waals surface area (Å²) in [5, 5.41) is 2.01. The van der Waals surface area contributed by atoms with E-state index in [1.165, 1.54) is 41.3 Å². The molecule has 35 heavy (non-hydrogen) atoms. The van der Waals surface area contributed by atoms with Crippen LogP contribution in [0.1, 0.15) is 47.1 Å². The van der Waals surface area contributed by atoms with Crippen LogP contribution in [0.2, 0.25) is 0 Å². The zero-order chi connectivity index (χ0) is 24.9. The van der Waals surface area contributed by atoms with Crippen LogP contribution < -0.4 is 4.74 Å². The minimum Gasteiger partial charge on any atom is -0.491 e. The number of carbonyl (C=O) groups is 2. The minimum atomic E-state index is -0.420. The molecule has 184 valence electrons. The fourth-order valence-corrected chi connectivity index (χ4v) is 5.15. The Balaban J connectivity index is 1.54. The summed E-state index contributed by atoms with van der Waals surface area (Å²) in [5.74, 6) is -0.723. The molecule has 1 aromatic heterocycles. The number of carbonyl (C=O) groups excluding carboxylic acids is 2. The van der Waals surface area contributed by atoms with Crippen molar-refractivity contribution in [3.05, 3.63) is 87.6 Å². The first-order chi connectivity index (χ1) is 16.9. The highest BCUT2D eigenvalue weighted by molar-refractivity contribution is 7.10. The number of hydrogen-bond donors (Lipinski definition) is 0. The maximum Gasteiger partial charge on any atom is 0.254 e. The topological polar surface area (TPSA) is 49.9 Å². The zero-order valence-electron chi connectivity index (χ0n) is 19.7. The molecule has 3 aromatic rings. The molecule has 0 fully saturated rings. The Kier molecular flexibility index (Phi) is 7.80. The van der Waals surface area contributed by atoms with Crippen molar-refractivity contribution in [3.63, 3.8) is 0 Å². The molecule has 0 saturated carbocycles. The van der Waals surface area contributed by atoms with Gasteiger partial charge in [-0.3, -0.25) is 9.59 Å². The number of fused-ring (bicyclic) bond motifs is 1. The number of nitrogens with zero attached hydrogens (tertiary/aromatic N) is 2. The van der Waals surface area contributed by atoms with E-state index in [0.717, 1.165) is 12.0 Å². The third kappa shape index (κ3) is 5.70. The predicted octanol–water partition coefficient (Wildman–Crippen LogP) is 5.47. The van der Waals surface area contributed by atoms with Crippen LogP contribution in [-0.4, -0.2) is 47.4 Å². The summed E-state index contributed by atoms with van der Waals surface area (Å²) in [7, 11) is 0. The molecule has 2 heterocycles. The van der Waals surface area contributed by atoms with Crippen molar-refractivity contribution >= 4 is 23.2 Å². The van der Waals surface area contributed by atoms with Gasteiger partial charge in [0.15, 0.2) is 0 Å². The summed E-state index contributed by atoms with van der Waals surface area (Å²) in [6.45, 7) is 4.51. The molecule has 1 aliphatic rings. The molecule has 0 N–H and O–H groups in total. The summed E-state index contributed by atoms with van der Waals surface area (Å²) >= 11 is 1.65. The number of thiophene rings is 1. The molecular weight excluding hydrogens is 470 g/mol. The summed E-state index contributed by atoms with van der Waals surface area (Å²) in [6, 6.07) is 12.7. The van der Waals surface area contributed by atoms with E-state index in [2.05, 4.69) is 0 Å². The second kappa shape index (κ2) is 11.0. The van der Waals surface area contributed by atoms with Crippen LogP contribution in [0.25, 0.3) is 0 Å². The molecule has 2 aromatic carbocycles. The molecule has 8 heteroatoms. The number of halogens is 2. The largest absolute Gasteiger partial charge is 0.491 e. The van der Waals surface area contributed by atoms with E-state index in [-0.39, 0.29) is 42.9 Å². The minimum absolute atomic E-state index is 0.0856. The molecule has 0 unspecified atom stereocenters. The van der Waals surface area contributed by atoms with Gasteiger partial charge in [0, 0.05) is 23.0 Å². The Morgan fingerprint density at radius 3 is 2.40 bits per heavy atom. The normalized spacial score (nSPS) is 15.9. The maximum absolute atomic E-state index is 13.6. The van der Waals surface area contributed by atoms with Gasteiger partial charge in [-0.1, -0.05) is 6.92 Å². The van der Waals surface area contributed by atoms with E-state index in [1.807, 2.05) is 25.3 Å². The van der Waals surface area contributed by atoms with Crippen LogP contribution in [0, 0.1) is 11.6 Å². The van der Waals surface area contributed by atoms with Crippen LogP contribution in [0.3, 0.4) is 0 Å². The lowest BCUT2D eigenvalue weighted by molar-refractivity contribution is -0.136. The fourth-order valence-electron chi connectivity index (χ4n) is 4.22. The second-order valence-electron chi connectivity index (χ2n) is 8.61. The summed E-state index contributed by atoms with van der Waals surface area (Å²) in [6.07, 6.45) is 1.41. The van der Waals surface area contributed by atoms with Crippen molar-refractivity contribution in [2.75, 3.05) is 19.7 Å². The van der Waals surface area contributed by atoms with E-state index in [4.69, 9.17) is 4.74 Å². The van der Waals surface area contributed by atoms with Gasteiger partial charge in [-0.25, -0.2) is 8.78 Å². The number of ether oxygens (including phenoxy) is 1. The molecule has 2 atom stereocenters. The molecule has 0 bridgehead atoms. The van der Waals surface area contributed by atoms with Crippen LogP contribution >= 0.6 is 11.3 Å². The Hall–Kier alpha value is -3.26. The highest BCUT2D eigenvalue weighted by atomic mass is 32.1. The van der Waals surface area contributed by atoms with Crippen molar-refractivity contribution in [1.82, 2.24) is 9.80 Å². The fraction of sp³-hybridized carbons (Fsp3) is 0.333. The molecule has 1 aliphatic heterocycles. The average molecular weight is 499 g/mol. The van der Waals surface area contributed by atoms with Crippen LogP contribution in [0.5, 0.6) is 5.75 Å². The quantitative estimate of drug-likeness (QED) is 0.414. The van der Waals surface area contributed by atoms with Crippen molar-refractivity contribution in [1.29, 1.82) is 0 Å². The van der Waals surface area contributed by atoms with E-state index in [0.29, 0.717) is 24.3 Å². The lowest BCUT2D eigenvalue weighted by atomic mass is 10.00. The van der Waals surface area contributed by atoms with Gasteiger partial charge in [0.2, 0.25) is 5.91 Å². The Morgan fingerprint density at radius 2 is 1.74 bits per heavy atom. The molecule has 0 radical (unpaired) electrons. The summed E-state index contributed by atoms with van der Waals surface area (Å²) in [4.78, 5) is 31.4. The number of hydrogen-bond acceptors (Lipinski definition) is 4. The van der Waals surface area contributed by atoms with Gasteiger partial charge in [0.25, 0.3) is 5.91 Å². The number of rotatable bonds is 8. The Morgan fingerprint density at radius 1 is 1.09 bits per heavy atom. The van der Waals surface area contributed by atoms with Crippen molar-refractivity contribution in [3.8, 4) is 5.75 Å². The van der Waals surface area contributed by atoms with Crippen LogP contribution in [0.15, 0.2) is 60.0 Å². The standard InChI is InChI=1S/C27H28F2N2O3S/c1-3-18(2)31(27(33)19-4-6-20(28)7-5-19)16-26(32)30-14-12-25-23(13-15-35-25)24(30)17-34-22-10-8-21(29)9-11-22/h4-11,13,15,18,24H,3,12,14,16-17H2,1-2H3/t18-,24+/m0/s1. The molecule has 2 amide bonds. The van der Waals surface area contributed by atoms with E-state index >= 15 is 0 Å². The van der Waals surface area contributed by atoms with Gasteiger partial charge in [-0.2, -0.15) is 0 Å². The third-order valence-electron chi connectivity index (χ3n) is 6.42. The first-order valence-corrected chi connectivity index (χ1v) is 12.6. The van der Waals surface area contributed by atoms with Gasteiger partial charge in [0.1, 0.15) is 30.5 Å². The Labute approximate surface area is 207 Å². The Bertz CT molecular complexity index is 1160. The van der Waals surface area contributed by atoms with Crippen molar-refractivity contribution < 1.29 is 23.1 Å². The summed E-state index contributed by atoms with van der Waals surface area (Å²) in [5.41, 5.74) is 1.38. The molecule has 0 spiro atoms. The highest BCUT2D eigenvalue weighted by Gasteiger charge is 2.34. The van der Waals surface area contributed by atoms with Crippen LogP contribution in [-0.2, 0) is 11.2 Å². The molecular formula is C27H28F2N2O3S. The van der Waals surface area contributed by atoms with E-state index in [1.54, 1.807) is 33.3 Å². The third-order valence-corrected chi connectivity index (χ3v) is 7.41. The van der Waals surface area contributed by atoms with E-state index < -0.39 is 5.82 Å². The monoisotopic (exact) mass is 498 g/mol.